The average Bonchev–Trinajstić information content (AvgIpc) is 3.00. The van der Waals surface area contributed by atoms with Gasteiger partial charge in [-0.25, -0.2) is 18.9 Å². The van der Waals surface area contributed by atoms with Gasteiger partial charge in [0.05, 0.1) is 18.9 Å². The van der Waals surface area contributed by atoms with E-state index in [4.69, 9.17) is 4.74 Å². The van der Waals surface area contributed by atoms with Gasteiger partial charge in [-0.15, -0.1) is 11.8 Å². The number of carbonyl (C=O) groups is 1. The number of halogens is 1. The zero-order valence-electron chi connectivity index (χ0n) is 12.4. The van der Waals surface area contributed by atoms with Crippen LogP contribution in [-0.2, 0) is 5.75 Å². The molecule has 0 radical (unpaired) electrons. The molecule has 0 aromatic carbocycles. The first-order chi connectivity index (χ1) is 11.7. The number of nitrogens with zero attached hydrogens (tertiary/aromatic N) is 4. The smallest absolute Gasteiger partial charge is 0.256 e. The average molecular weight is 345 g/mol. The Bertz CT molecular complexity index is 929. The molecule has 4 rings (SSSR count). The second-order valence-corrected chi connectivity index (χ2v) is 6.10. The van der Waals surface area contributed by atoms with Crippen LogP contribution in [0.2, 0.25) is 0 Å². The predicted molar refractivity (Wildman–Crippen MR) is 84.6 cm³/mol. The summed E-state index contributed by atoms with van der Waals surface area (Å²) in [7, 11) is 0. The van der Waals surface area contributed by atoms with Gasteiger partial charge in [0.15, 0.2) is 5.65 Å². The number of hydrogen-bond acceptors (Lipinski definition) is 6. The molecule has 2 bridgehead atoms. The molecule has 0 atom stereocenters. The van der Waals surface area contributed by atoms with E-state index in [0.29, 0.717) is 40.0 Å². The van der Waals surface area contributed by atoms with Gasteiger partial charge >= 0.3 is 0 Å². The standard InChI is InChI=1S/C15H12FN5O2S/c16-10-5-9-8-24-12-1-3-21-13(20-12)11(7-19-21)14(22)17-2-4-23-15(9)18-6-10/h1,3,5-7H,2,4,8H2,(H,17,22). The third kappa shape index (κ3) is 2.78. The lowest BCUT2D eigenvalue weighted by molar-refractivity contribution is 0.0948. The molecule has 3 aromatic rings. The Morgan fingerprint density at radius 1 is 1.38 bits per heavy atom. The summed E-state index contributed by atoms with van der Waals surface area (Å²) in [5, 5.41) is 7.58. The Morgan fingerprint density at radius 2 is 2.29 bits per heavy atom. The summed E-state index contributed by atoms with van der Waals surface area (Å²) in [6.07, 6.45) is 4.34. The van der Waals surface area contributed by atoms with Gasteiger partial charge in [0.2, 0.25) is 5.88 Å². The minimum absolute atomic E-state index is 0.234. The highest BCUT2D eigenvalue weighted by molar-refractivity contribution is 7.98. The van der Waals surface area contributed by atoms with Crippen molar-refractivity contribution in [3.63, 3.8) is 0 Å². The molecule has 0 fully saturated rings. The highest BCUT2D eigenvalue weighted by Gasteiger charge is 2.16. The van der Waals surface area contributed by atoms with Gasteiger partial charge in [0, 0.05) is 17.5 Å². The number of amides is 1. The topological polar surface area (TPSA) is 81.4 Å². The third-order valence-electron chi connectivity index (χ3n) is 3.48. The fourth-order valence-electron chi connectivity index (χ4n) is 2.35. The Morgan fingerprint density at radius 3 is 3.21 bits per heavy atom. The SMILES string of the molecule is O=C1NCCOc2ncc(F)cc2CSc2ccn3ncc1c3n2. The first kappa shape index (κ1) is 14.9. The summed E-state index contributed by atoms with van der Waals surface area (Å²) < 4.78 is 20.6. The molecule has 0 saturated carbocycles. The van der Waals surface area contributed by atoms with Crippen LogP contribution in [0.25, 0.3) is 5.65 Å². The van der Waals surface area contributed by atoms with Crippen LogP contribution in [-0.4, -0.2) is 38.6 Å². The number of hydrogen-bond donors (Lipinski definition) is 1. The van der Waals surface area contributed by atoms with E-state index in [0.717, 1.165) is 6.20 Å². The van der Waals surface area contributed by atoms with Crippen LogP contribution in [0.4, 0.5) is 4.39 Å². The molecule has 122 valence electrons. The van der Waals surface area contributed by atoms with E-state index in [-0.39, 0.29) is 12.5 Å². The quantitative estimate of drug-likeness (QED) is 0.624. The third-order valence-corrected chi connectivity index (χ3v) is 4.46. The van der Waals surface area contributed by atoms with Gasteiger partial charge in [-0.2, -0.15) is 5.10 Å². The van der Waals surface area contributed by atoms with E-state index in [9.17, 15) is 9.18 Å². The van der Waals surface area contributed by atoms with Crippen molar-refractivity contribution in [2.75, 3.05) is 13.2 Å². The van der Waals surface area contributed by atoms with Crippen LogP contribution >= 0.6 is 11.8 Å². The van der Waals surface area contributed by atoms with Gasteiger partial charge in [-0.05, 0) is 12.1 Å². The molecular formula is C15H12FN5O2S. The molecule has 0 spiro atoms. The van der Waals surface area contributed by atoms with E-state index in [1.165, 1.54) is 24.0 Å². The number of carbonyl (C=O) groups excluding carboxylic acids is 1. The van der Waals surface area contributed by atoms with Crippen LogP contribution in [0.5, 0.6) is 5.88 Å². The van der Waals surface area contributed by atoms with E-state index >= 15 is 0 Å². The summed E-state index contributed by atoms with van der Waals surface area (Å²) in [5.74, 6) is 0.127. The molecule has 3 aromatic heterocycles. The molecule has 1 amide bonds. The van der Waals surface area contributed by atoms with E-state index in [2.05, 4.69) is 20.4 Å². The monoisotopic (exact) mass is 345 g/mol. The predicted octanol–water partition coefficient (Wildman–Crippen LogP) is 1.68. The lowest BCUT2D eigenvalue weighted by Crippen LogP contribution is -2.28. The van der Waals surface area contributed by atoms with Gasteiger partial charge in [-0.3, -0.25) is 4.79 Å². The number of thioether (sulfide) groups is 1. The Labute approximate surface area is 140 Å². The first-order valence-corrected chi connectivity index (χ1v) is 8.22. The van der Waals surface area contributed by atoms with Crippen molar-refractivity contribution < 1.29 is 13.9 Å². The van der Waals surface area contributed by atoms with Crippen LogP contribution < -0.4 is 10.1 Å². The van der Waals surface area contributed by atoms with E-state index < -0.39 is 5.82 Å². The molecule has 24 heavy (non-hydrogen) atoms. The molecular weight excluding hydrogens is 333 g/mol. The molecule has 0 aliphatic carbocycles. The molecule has 0 unspecified atom stereocenters. The maximum absolute atomic E-state index is 13.5. The van der Waals surface area contributed by atoms with Gasteiger partial charge in [0.25, 0.3) is 5.91 Å². The van der Waals surface area contributed by atoms with Gasteiger partial charge in [-0.1, -0.05) is 0 Å². The minimum Gasteiger partial charge on any atom is -0.476 e. The molecule has 9 heteroatoms. The van der Waals surface area contributed by atoms with Crippen molar-refractivity contribution in [2.45, 2.75) is 10.8 Å². The number of nitrogens with one attached hydrogen (secondary N) is 1. The molecule has 7 nitrogen and oxygen atoms in total. The maximum Gasteiger partial charge on any atom is 0.256 e. The van der Waals surface area contributed by atoms with Crippen molar-refractivity contribution in [1.82, 2.24) is 24.9 Å². The highest BCUT2D eigenvalue weighted by atomic mass is 32.2. The fourth-order valence-corrected chi connectivity index (χ4v) is 3.17. The van der Waals surface area contributed by atoms with Crippen molar-refractivity contribution in [1.29, 1.82) is 0 Å². The van der Waals surface area contributed by atoms with Crippen molar-refractivity contribution >= 4 is 23.3 Å². The molecule has 1 aliphatic heterocycles. The molecule has 4 heterocycles. The van der Waals surface area contributed by atoms with E-state index in [1.807, 2.05) is 0 Å². The number of fused-ring (bicyclic) bond motifs is 2. The second kappa shape index (κ2) is 6.08. The van der Waals surface area contributed by atoms with E-state index in [1.54, 1.807) is 16.8 Å². The van der Waals surface area contributed by atoms with Crippen LogP contribution in [0.15, 0.2) is 35.7 Å². The summed E-state index contributed by atoms with van der Waals surface area (Å²) in [6, 6.07) is 3.19. The van der Waals surface area contributed by atoms with Gasteiger partial charge in [0.1, 0.15) is 23.0 Å². The summed E-state index contributed by atoms with van der Waals surface area (Å²) in [4.78, 5) is 20.7. The second-order valence-electron chi connectivity index (χ2n) is 5.10. The van der Waals surface area contributed by atoms with Crippen molar-refractivity contribution in [3.8, 4) is 5.88 Å². The van der Waals surface area contributed by atoms with Gasteiger partial charge < -0.3 is 10.1 Å². The number of rotatable bonds is 0. The zero-order valence-corrected chi connectivity index (χ0v) is 13.2. The molecule has 0 saturated heterocycles. The molecule has 1 N–H and O–H groups in total. The maximum atomic E-state index is 13.5. The Kier molecular flexibility index (Phi) is 3.77. The zero-order chi connectivity index (χ0) is 16.5. The van der Waals surface area contributed by atoms with Crippen LogP contribution in [0, 0.1) is 5.82 Å². The number of ether oxygens (including phenoxy) is 1. The summed E-state index contributed by atoms with van der Waals surface area (Å²) >= 11 is 1.41. The largest absolute Gasteiger partial charge is 0.476 e. The Balaban J connectivity index is 1.75. The minimum atomic E-state index is -0.419. The summed E-state index contributed by atoms with van der Waals surface area (Å²) in [6.45, 7) is 0.527. The lowest BCUT2D eigenvalue weighted by atomic mass is 10.3. The fraction of sp³-hybridized carbons (Fsp3) is 0.200. The molecule has 1 aliphatic rings. The highest BCUT2D eigenvalue weighted by Crippen LogP contribution is 2.27. The van der Waals surface area contributed by atoms with Crippen molar-refractivity contribution in [2.24, 2.45) is 0 Å². The number of aromatic nitrogens is 4. The lowest BCUT2D eigenvalue weighted by Gasteiger charge is -2.10. The summed E-state index contributed by atoms with van der Waals surface area (Å²) in [5.41, 5.74) is 1.52. The van der Waals surface area contributed by atoms with Crippen LogP contribution in [0.1, 0.15) is 15.9 Å². The van der Waals surface area contributed by atoms with Crippen LogP contribution in [0.3, 0.4) is 0 Å². The normalized spacial score (nSPS) is 15.0. The Hall–Kier alpha value is -2.68. The number of pyridine rings is 1. The van der Waals surface area contributed by atoms with Crippen molar-refractivity contribution in [3.05, 3.63) is 47.7 Å². The first-order valence-electron chi connectivity index (χ1n) is 7.23.